The Labute approximate surface area is 133 Å². The molecule has 3 atom stereocenters. The summed E-state index contributed by atoms with van der Waals surface area (Å²) in [6.45, 7) is 1.33. The minimum atomic E-state index is 0.244. The van der Waals surface area contributed by atoms with Gasteiger partial charge >= 0.3 is 0 Å². The molecule has 2 saturated carbocycles. The van der Waals surface area contributed by atoms with E-state index < -0.39 is 0 Å². The first-order valence-electron chi connectivity index (χ1n) is 7.92. The lowest BCUT2D eigenvalue weighted by atomic mass is 9.88. The molecule has 2 bridgehead atoms. The summed E-state index contributed by atoms with van der Waals surface area (Å²) < 4.78 is 6.79. The molecule has 3 unspecified atom stereocenters. The lowest BCUT2D eigenvalue weighted by Gasteiger charge is -2.21. The van der Waals surface area contributed by atoms with Crippen LogP contribution in [-0.4, -0.2) is 12.5 Å². The Morgan fingerprint density at radius 2 is 2.24 bits per heavy atom. The second kappa shape index (κ2) is 5.31. The standard InChI is InChI=1S/C17H20BrNO2/c18-14-7-12-3-4-21-16(12)13(8-14)9-19-17(20)15-6-10-1-2-11(15)5-10/h7-8,10-11,15H,1-6,9H2,(H,19,20). The van der Waals surface area contributed by atoms with E-state index >= 15 is 0 Å². The Morgan fingerprint density at radius 3 is 3.00 bits per heavy atom. The van der Waals surface area contributed by atoms with E-state index in [0.717, 1.165) is 41.2 Å². The summed E-state index contributed by atoms with van der Waals surface area (Å²) >= 11 is 3.55. The highest BCUT2D eigenvalue weighted by Crippen LogP contribution is 2.48. The van der Waals surface area contributed by atoms with Gasteiger partial charge < -0.3 is 10.1 Å². The van der Waals surface area contributed by atoms with Crippen molar-refractivity contribution in [2.75, 3.05) is 6.61 Å². The van der Waals surface area contributed by atoms with Crippen molar-refractivity contribution >= 4 is 21.8 Å². The predicted octanol–water partition coefficient (Wildman–Crippen LogP) is 3.44. The highest BCUT2D eigenvalue weighted by molar-refractivity contribution is 9.10. The molecule has 0 aromatic heterocycles. The molecule has 1 N–H and O–H groups in total. The van der Waals surface area contributed by atoms with Gasteiger partial charge in [-0.3, -0.25) is 4.79 Å². The first-order valence-corrected chi connectivity index (χ1v) is 8.72. The molecule has 3 nitrogen and oxygen atoms in total. The molecule has 2 aliphatic carbocycles. The summed E-state index contributed by atoms with van der Waals surface area (Å²) in [6, 6.07) is 4.18. The predicted molar refractivity (Wildman–Crippen MR) is 84.1 cm³/mol. The molecule has 112 valence electrons. The van der Waals surface area contributed by atoms with Crippen molar-refractivity contribution in [3.63, 3.8) is 0 Å². The van der Waals surface area contributed by atoms with Crippen molar-refractivity contribution in [3.8, 4) is 5.75 Å². The van der Waals surface area contributed by atoms with Crippen LogP contribution >= 0.6 is 15.9 Å². The largest absolute Gasteiger partial charge is 0.493 e. The van der Waals surface area contributed by atoms with Gasteiger partial charge in [0.25, 0.3) is 0 Å². The van der Waals surface area contributed by atoms with E-state index in [4.69, 9.17) is 4.74 Å². The van der Waals surface area contributed by atoms with Gasteiger partial charge in [-0.1, -0.05) is 22.4 Å². The average molecular weight is 350 g/mol. The quantitative estimate of drug-likeness (QED) is 0.907. The van der Waals surface area contributed by atoms with E-state index in [1.54, 1.807) is 0 Å². The summed E-state index contributed by atoms with van der Waals surface area (Å²) in [5.41, 5.74) is 2.34. The lowest BCUT2D eigenvalue weighted by Crippen LogP contribution is -2.33. The summed E-state index contributed by atoms with van der Waals surface area (Å²) in [6.07, 6.45) is 5.92. The van der Waals surface area contributed by atoms with Crippen LogP contribution in [0.1, 0.15) is 36.8 Å². The Balaban J connectivity index is 1.44. The van der Waals surface area contributed by atoms with Crippen LogP contribution < -0.4 is 10.1 Å². The third-order valence-electron chi connectivity index (χ3n) is 5.35. The number of hydrogen-bond donors (Lipinski definition) is 1. The molecule has 4 heteroatoms. The highest BCUT2D eigenvalue weighted by Gasteiger charge is 2.42. The topological polar surface area (TPSA) is 38.3 Å². The number of ether oxygens (including phenoxy) is 1. The Bertz CT molecular complexity index is 586. The van der Waals surface area contributed by atoms with Crippen LogP contribution in [0.5, 0.6) is 5.75 Å². The number of amides is 1. The van der Waals surface area contributed by atoms with Crippen LogP contribution in [0.4, 0.5) is 0 Å². The number of hydrogen-bond acceptors (Lipinski definition) is 2. The van der Waals surface area contributed by atoms with Crippen LogP contribution in [0.2, 0.25) is 0 Å². The van der Waals surface area contributed by atoms with Gasteiger partial charge in [-0.15, -0.1) is 0 Å². The number of carbonyl (C=O) groups excluding carboxylic acids is 1. The normalized spacial score (nSPS) is 29.3. The van der Waals surface area contributed by atoms with Gasteiger partial charge in [-0.05, 0) is 48.8 Å². The zero-order valence-electron chi connectivity index (χ0n) is 12.0. The van der Waals surface area contributed by atoms with Crippen molar-refractivity contribution in [2.45, 2.75) is 38.6 Å². The maximum atomic E-state index is 12.4. The molecule has 0 saturated heterocycles. The molecular weight excluding hydrogens is 330 g/mol. The first kappa shape index (κ1) is 13.6. The molecule has 1 aromatic rings. The Hall–Kier alpha value is -1.03. The third kappa shape index (κ3) is 2.48. The van der Waals surface area contributed by atoms with Crippen molar-refractivity contribution in [1.29, 1.82) is 0 Å². The molecular formula is C17H20BrNO2. The Kier molecular flexibility index (Phi) is 3.44. The summed E-state index contributed by atoms with van der Waals surface area (Å²) in [5, 5.41) is 3.14. The van der Waals surface area contributed by atoms with E-state index in [1.807, 2.05) is 0 Å². The zero-order chi connectivity index (χ0) is 14.4. The number of fused-ring (bicyclic) bond motifs is 3. The van der Waals surface area contributed by atoms with Gasteiger partial charge in [-0.2, -0.15) is 0 Å². The fourth-order valence-electron chi connectivity index (χ4n) is 4.36. The van der Waals surface area contributed by atoms with Gasteiger partial charge in [0.15, 0.2) is 0 Å². The van der Waals surface area contributed by atoms with Crippen LogP contribution in [-0.2, 0) is 17.8 Å². The maximum absolute atomic E-state index is 12.4. The van der Waals surface area contributed by atoms with Gasteiger partial charge in [-0.25, -0.2) is 0 Å². The first-order chi connectivity index (χ1) is 10.2. The molecule has 21 heavy (non-hydrogen) atoms. The smallest absolute Gasteiger partial charge is 0.223 e. The van der Waals surface area contributed by atoms with Crippen LogP contribution in [0.25, 0.3) is 0 Å². The number of rotatable bonds is 3. The van der Waals surface area contributed by atoms with Crippen LogP contribution in [0.3, 0.4) is 0 Å². The summed E-state index contributed by atoms with van der Waals surface area (Å²) in [7, 11) is 0. The fourth-order valence-corrected chi connectivity index (χ4v) is 4.91. The second-order valence-corrected chi connectivity index (χ2v) is 7.57. The Morgan fingerprint density at radius 1 is 1.33 bits per heavy atom. The second-order valence-electron chi connectivity index (χ2n) is 6.65. The SMILES string of the molecule is O=C(NCc1cc(Br)cc2c1OCC2)C1CC2CCC1C2. The van der Waals surface area contributed by atoms with Crippen LogP contribution in [0.15, 0.2) is 16.6 Å². The van der Waals surface area contributed by atoms with E-state index in [2.05, 4.69) is 33.4 Å². The number of carbonyl (C=O) groups is 1. The molecule has 1 aromatic carbocycles. The minimum Gasteiger partial charge on any atom is -0.493 e. The molecule has 4 rings (SSSR count). The zero-order valence-corrected chi connectivity index (χ0v) is 13.6. The van der Waals surface area contributed by atoms with Gasteiger partial charge in [0, 0.05) is 28.9 Å². The van der Waals surface area contributed by atoms with Crippen LogP contribution in [0, 0.1) is 17.8 Å². The third-order valence-corrected chi connectivity index (χ3v) is 5.81. The number of benzene rings is 1. The van der Waals surface area contributed by atoms with Gasteiger partial charge in [0.1, 0.15) is 5.75 Å². The van der Waals surface area contributed by atoms with E-state index in [-0.39, 0.29) is 11.8 Å². The average Bonchev–Trinajstić information content (AvgIpc) is 3.19. The van der Waals surface area contributed by atoms with E-state index in [1.165, 1.54) is 24.8 Å². The molecule has 0 radical (unpaired) electrons. The summed E-state index contributed by atoms with van der Waals surface area (Å²) in [4.78, 5) is 12.4. The van der Waals surface area contributed by atoms with Crippen molar-refractivity contribution in [2.24, 2.45) is 17.8 Å². The number of nitrogens with one attached hydrogen (secondary N) is 1. The molecule has 1 heterocycles. The maximum Gasteiger partial charge on any atom is 0.223 e. The van der Waals surface area contributed by atoms with Gasteiger partial charge in [0.2, 0.25) is 5.91 Å². The highest BCUT2D eigenvalue weighted by atomic mass is 79.9. The van der Waals surface area contributed by atoms with Gasteiger partial charge in [0.05, 0.1) is 6.61 Å². The van der Waals surface area contributed by atoms with Crippen molar-refractivity contribution < 1.29 is 9.53 Å². The van der Waals surface area contributed by atoms with Crippen molar-refractivity contribution in [3.05, 3.63) is 27.7 Å². The minimum absolute atomic E-state index is 0.244. The molecule has 0 spiro atoms. The van der Waals surface area contributed by atoms with E-state index in [9.17, 15) is 4.79 Å². The monoisotopic (exact) mass is 349 g/mol. The lowest BCUT2D eigenvalue weighted by molar-refractivity contribution is -0.126. The molecule has 1 aliphatic heterocycles. The fraction of sp³-hybridized carbons (Fsp3) is 0.588. The number of halogens is 1. The molecule has 1 amide bonds. The summed E-state index contributed by atoms with van der Waals surface area (Å²) in [5.74, 6) is 2.92. The van der Waals surface area contributed by atoms with E-state index in [0.29, 0.717) is 12.5 Å². The molecule has 2 fully saturated rings. The molecule has 3 aliphatic rings. The van der Waals surface area contributed by atoms with Crippen molar-refractivity contribution in [1.82, 2.24) is 5.32 Å².